The quantitative estimate of drug-likeness (QED) is 0.282. The average Bonchev–Trinajstić information content (AvgIpc) is 3.31. The summed E-state index contributed by atoms with van der Waals surface area (Å²) in [6.45, 7) is 0. The second-order valence-corrected chi connectivity index (χ2v) is 8.25. The molecule has 0 aliphatic carbocycles. The van der Waals surface area contributed by atoms with Crippen LogP contribution >= 0.6 is 0 Å². The summed E-state index contributed by atoms with van der Waals surface area (Å²) in [4.78, 5) is 4.64. The molecule has 0 bridgehead atoms. The molecule has 0 N–H and O–H groups in total. The van der Waals surface area contributed by atoms with Gasteiger partial charge in [0.05, 0.1) is 0 Å². The van der Waals surface area contributed by atoms with Crippen molar-refractivity contribution in [3.8, 4) is 0 Å². The molecular formula is C30H23NO2. The highest BCUT2D eigenvalue weighted by Crippen LogP contribution is 2.46. The Morgan fingerprint density at radius 3 is 1.58 bits per heavy atom. The third kappa shape index (κ3) is 3.82. The Hall–Kier alpha value is -3.79. The number of hydrogen-bond acceptors (Lipinski definition) is 3. The first-order chi connectivity index (χ1) is 16.4. The Kier molecular flexibility index (Phi) is 5.19. The molecule has 33 heavy (non-hydrogen) atoms. The molecule has 0 radical (unpaired) electrons. The zero-order valence-electron chi connectivity index (χ0n) is 18.0. The largest absolute Gasteiger partial charge is 0.323 e. The van der Waals surface area contributed by atoms with E-state index in [1.165, 1.54) is 21.5 Å². The molecule has 3 nitrogen and oxygen atoms in total. The van der Waals surface area contributed by atoms with Gasteiger partial charge in [-0.3, -0.25) is 0 Å². The minimum absolute atomic E-state index is 0.278. The molecule has 1 fully saturated rings. The van der Waals surface area contributed by atoms with Crippen molar-refractivity contribution in [3.05, 3.63) is 132 Å². The molecule has 6 rings (SSSR count). The van der Waals surface area contributed by atoms with Crippen LogP contribution in [0.2, 0.25) is 0 Å². The first-order valence-electron chi connectivity index (χ1n) is 11.2. The second-order valence-electron chi connectivity index (χ2n) is 8.25. The summed E-state index contributed by atoms with van der Waals surface area (Å²) in [5.41, 5.74) is 3.24. The predicted octanol–water partition coefficient (Wildman–Crippen LogP) is 7.22. The summed E-state index contributed by atoms with van der Waals surface area (Å²) < 4.78 is 12.9. The summed E-state index contributed by atoms with van der Waals surface area (Å²) in [7, 11) is 0. The molecule has 5 aromatic carbocycles. The number of benzene rings is 5. The molecule has 1 heterocycles. The van der Waals surface area contributed by atoms with Gasteiger partial charge in [-0.05, 0) is 38.2 Å². The van der Waals surface area contributed by atoms with Gasteiger partial charge in [0, 0.05) is 6.21 Å². The minimum Gasteiger partial charge on any atom is -0.323 e. The Labute approximate surface area is 192 Å². The highest BCUT2D eigenvalue weighted by molar-refractivity contribution is 5.88. The lowest BCUT2D eigenvalue weighted by molar-refractivity contribution is -0.0582. The number of fused-ring (bicyclic) bond motifs is 2. The first kappa shape index (κ1) is 19.9. The number of nitrogens with zero attached hydrogens (tertiary/aromatic N) is 1. The topological polar surface area (TPSA) is 30.8 Å². The number of rotatable bonds is 4. The van der Waals surface area contributed by atoms with E-state index in [9.17, 15) is 0 Å². The fraction of sp³-hybridized carbons (Fsp3) is 0.100. The molecular weight excluding hydrogens is 406 g/mol. The molecule has 1 aliphatic heterocycles. The van der Waals surface area contributed by atoms with Crippen molar-refractivity contribution in [2.45, 2.75) is 18.6 Å². The van der Waals surface area contributed by atoms with Crippen molar-refractivity contribution >= 4 is 27.8 Å². The second kappa shape index (κ2) is 8.62. The molecule has 1 saturated heterocycles. The van der Waals surface area contributed by atoms with Gasteiger partial charge >= 0.3 is 0 Å². The number of ether oxygens (including phenoxy) is 2. The van der Waals surface area contributed by atoms with Crippen LogP contribution in [-0.4, -0.2) is 12.6 Å². The number of aliphatic imine (C=N–C) groups is 1. The van der Waals surface area contributed by atoms with Crippen LogP contribution < -0.4 is 0 Å². The van der Waals surface area contributed by atoms with Crippen LogP contribution in [0, 0.1) is 0 Å². The monoisotopic (exact) mass is 429 g/mol. The average molecular weight is 430 g/mol. The van der Waals surface area contributed by atoms with Crippen molar-refractivity contribution in [2.75, 3.05) is 0 Å². The Balaban J connectivity index is 1.45. The van der Waals surface area contributed by atoms with Crippen LogP contribution in [-0.2, 0) is 9.47 Å². The summed E-state index contributed by atoms with van der Waals surface area (Å²) in [6, 6.07) is 39.5. The van der Waals surface area contributed by atoms with Gasteiger partial charge in [-0.25, -0.2) is 4.99 Å². The van der Waals surface area contributed by atoms with Crippen molar-refractivity contribution in [1.82, 2.24) is 0 Å². The summed E-state index contributed by atoms with van der Waals surface area (Å²) in [5, 5.41) is 4.72. The Morgan fingerprint density at radius 1 is 0.515 bits per heavy atom. The lowest BCUT2D eigenvalue weighted by atomic mass is 9.91. The van der Waals surface area contributed by atoms with Crippen LogP contribution in [0.3, 0.4) is 0 Å². The van der Waals surface area contributed by atoms with Crippen LogP contribution in [0.15, 0.2) is 120 Å². The molecule has 160 valence electrons. The number of hydrogen-bond donors (Lipinski definition) is 0. The third-order valence-corrected chi connectivity index (χ3v) is 6.21. The van der Waals surface area contributed by atoms with Crippen LogP contribution in [0.25, 0.3) is 21.5 Å². The molecule has 0 unspecified atom stereocenters. The van der Waals surface area contributed by atoms with Gasteiger partial charge in [-0.15, -0.1) is 0 Å². The van der Waals surface area contributed by atoms with Gasteiger partial charge in [0.1, 0.15) is 12.2 Å². The van der Waals surface area contributed by atoms with Crippen LogP contribution in [0.5, 0.6) is 0 Å². The zero-order chi connectivity index (χ0) is 22.0. The standard InChI is InChI=1S/C30H23NO2/c1-2-10-21(11-3-1)20-31-30-32-28(26-18-8-14-22-12-4-6-16-24(22)26)29(33-30)27-19-9-15-23-13-5-7-17-25(23)27/h1-20,28-30H/b31-20+/t28-,29-/m1/s1. The molecule has 5 aromatic rings. The molecule has 3 heteroatoms. The SMILES string of the molecule is C(=N\C1O[C@H](c2cccc3ccccc23)[C@@H](c2cccc3ccccc23)O1)/c1ccccc1. The maximum atomic E-state index is 6.47. The van der Waals surface area contributed by atoms with Crippen LogP contribution in [0.1, 0.15) is 28.9 Å². The van der Waals surface area contributed by atoms with E-state index in [4.69, 9.17) is 9.47 Å². The van der Waals surface area contributed by atoms with Crippen molar-refractivity contribution in [2.24, 2.45) is 4.99 Å². The van der Waals surface area contributed by atoms with E-state index in [-0.39, 0.29) is 12.2 Å². The minimum atomic E-state index is -0.682. The summed E-state index contributed by atoms with van der Waals surface area (Å²) >= 11 is 0. The molecule has 2 atom stereocenters. The fourth-order valence-corrected chi connectivity index (χ4v) is 4.65. The van der Waals surface area contributed by atoms with E-state index in [0.717, 1.165) is 16.7 Å². The van der Waals surface area contributed by atoms with Gasteiger partial charge in [-0.1, -0.05) is 115 Å². The first-order valence-corrected chi connectivity index (χ1v) is 11.2. The normalized spacial score (nSPS) is 19.0. The predicted molar refractivity (Wildman–Crippen MR) is 133 cm³/mol. The van der Waals surface area contributed by atoms with Crippen molar-refractivity contribution < 1.29 is 9.47 Å². The highest BCUT2D eigenvalue weighted by atomic mass is 16.7. The Bertz CT molecular complexity index is 1350. The lowest BCUT2D eigenvalue weighted by Crippen LogP contribution is -2.08. The van der Waals surface area contributed by atoms with E-state index >= 15 is 0 Å². The van der Waals surface area contributed by atoms with Crippen LogP contribution in [0.4, 0.5) is 0 Å². The van der Waals surface area contributed by atoms with Gasteiger partial charge in [-0.2, -0.15) is 0 Å². The van der Waals surface area contributed by atoms with Gasteiger partial charge in [0.25, 0.3) is 6.41 Å². The maximum absolute atomic E-state index is 6.47. The molecule has 0 amide bonds. The van der Waals surface area contributed by atoms with E-state index in [1.807, 2.05) is 36.5 Å². The van der Waals surface area contributed by atoms with E-state index < -0.39 is 6.41 Å². The smallest absolute Gasteiger partial charge is 0.259 e. The van der Waals surface area contributed by atoms with E-state index in [0.29, 0.717) is 0 Å². The summed E-state index contributed by atoms with van der Waals surface area (Å²) in [6.07, 6.45) is 0.578. The van der Waals surface area contributed by atoms with E-state index in [2.05, 4.69) is 89.9 Å². The third-order valence-electron chi connectivity index (χ3n) is 6.21. The highest BCUT2D eigenvalue weighted by Gasteiger charge is 2.39. The van der Waals surface area contributed by atoms with E-state index in [1.54, 1.807) is 0 Å². The molecule has 0 saturated carbocycles. The van der Waals surface area contributed by atoms with Gasteiger partial charge in [0.2, 0.25) is 0 Å². The fourth-order valence-electron chi connectivity index (χ4n) is 4.65. The van der Waals surface area contributed by atoms with Crippen molar-refractivity contribution in [3.63, 3.8) is 0 Å². The molecule has 0 spiro atoms. The lowest BCUT2D eigenvalue weighted by Gasteiger charge is -2.20. The van der Waals surface area contributed by atoms with Crippen molar-refractivity contribution in [1.29, 1.82) is 0 Å². The van der Waals surface area contributed by atoms with Gasteiger partial charge < -0.3 is 9.47 Å². The molecule has 1 aliphatic rings. The maximum Gasteiger partial charge on any atom is 0.259 e. The molecule has 0 aromatic heterocycles. The summed E-state index contributed by atoms with van der Waals surface area (Å²) in [5.74, 6) is 0. The zero-order valence-corrected chi connectivity index (χ0v) is 18.0. The van der Waals surface area contributed by atoms with Gasteiger partial charge in [0.15, 0.2) is 0 Å². The Morgan fingerprint density at radius 2 is 1.00 bits per heavy atom.